The first kappa shape index (κ1) is 15.0. The highest BCUT2D eigenvalue weighted by Gasteiger charge is 2.19. The molecule has 0 aliphatic rings. The second-order valence-electron chi connectivity index (χ2n) is 4.97. The van der Waals surface area contributed by atoms with Crippen molar-refractivity contribution in [2.45, 2.75) is 39.0 Å². The molecular formula is C17H21ClNO+. The number of rotatable bonds is 6. The lowest BCUT2D eigenvalue weighted by Gasteiger charge is -2.20. The van der Waals surface area contributed by atoms with Crippen LogP contribution in [0.1, 0.15) is 31.9 Å². The molecule has 0 aliphatic carbocycles. The van der Waals surface area contributed by atoms with Gasteiger partial charge in [0.15, 0.2) is 18.9 Å². The van der Waals surface area contributed by atoms with E-state index in [1.807, 2.05) is 36.4 Å². The number of halogens is 1. The van der Waals surface area contributed by atoms with Crippen molar-refractivity contribution >= 4 is 11.6 Å². The number of hydrogen-bond donors (Lipinski definition) is 0. The monoisotopic (exact) mass is 290 g/mol. The Balaban J connectivity index is 2.20. The fraction of sp³-hybridized carbons (Fsp3) is 0.353. The maximum atomic E-state index is 6.17. The molecule has 3 heteroatoms. The van der Waals surface area contributed by atoms with Crippen molar-refractivity contribution in [3.05, 3.63) is 65.4 Å². The van der Waals surface area contributed by atoms with E-state index in [9.17, 15) is 0 Å². The highest BCUT2D eigenvalue weighted by molar-refractivity contribution is 6.30. The van der Waals surface area contributed by atoms with Crippen molar-refractivity contribution in [1.29, 1.82) is 0 Å². The molecule has 20 heavy (non-hydrogen) atoms. The molecular weight excluding hydrogens is 270 g/mol. The van der Waals surface area contributed by atoms with E-state index in [1.165, 1.54) is 0 Å². The minimum atomic E-state index is 0.0102. The molecule has 0 saturated carbocycles. The van der Waals surface area contributed by atoms with Crippen molar-refractivity contribution in [3.8, 4) is 0 Å². The highest BCUT2D eigenvalue weighted by atomic mass is 35.5. The van der Waals surface area contributed by atoms with Gasteiger partial charge in [0.05, 0.1) is 6.10 Å². The molecule has 106 valence electrons. The summed E-state index contributed by atoms with van der Waals surface area (Å²) in [5.41, 5.74) is 1.12. The molecule has 1 aromatic carbocycles. The van der Waals surface area contributed by atoms with Gasteiger partial charge < -0.3 is 4.74 Å². The predicted molar refractivity (Wildman–Crippen MR) is 81.7 cm³/mol. The van der Waals surface area contributed by atoms with Crippen LogP contribution in [0.15, 0.2) is 54.9 Å². The predicted octanol–water partition coefficient (Wildman–Crippen LogP) is 4.18. The molecule has 0 bridgehead atoms. The molecule has 2 rings (SSSR count). The zero-order valence-corrected chi connectivity index (χ0v) is 12.8. The summed E-state index contributed by atoms with van der Waals surface area (Å²) in [6.45, 7) is 5.02. The van der Waals surface area contributed by atoms with E-state index < -0.39 is 0 Å². The summed E-state index contributed by atoms with van der Waals surface area (Å²) in [4.78, 5) is 0. The van der Waals surface area contributed by atoms with E-state index in [1.54, 1.807) is 0 Å². The van der Waals surface area contributed by atoms with Crippen LogP contribution in [0.3, 0.4) is 0 Å². The van der Waals surface area contributed by atoms with E-state index in [0.717, 1.165) is 23.6 Å². The van der Waals surface area contributed by atoms with Crippen molar-refractivity contribution in [2.24, 2.45) is 0 Å². The third-order valence-corrected chi connectivity index (χ3v) is 3.58. The molecule has 2 atom stereocenters. The van der Waals surface area contributed by atoms with E-state index in [0.29, 0.717) is 0 Å². The molecule has 2 unspecified atom stereocenters. The van der Waals surface area contributed by atoms with Gasteiger partial charge in [0, 0.05) is 17.2 Å². The number of pyridine rings is 1. The van der Waals surface area contributed by atoms with Gasteiger partial charge in [-0.05, 0) is 31.0 Å². The smallest absolute Gasteiger partial charge is 0.178 e. The van der Waals surface area contributed by atoms with Crippen LogP contribution >= 0.6 is 11.6 Å². The summed E-state index contributed by atoms with van der Waals surface area (Å²) in [6.07, 6.45) is 5.34. The Kier molecular flexibility index (Phi) is 5.57. The van der Waals surface area contributed by atoms with Gasteiger partial charge in [-0.3, -0.25) is 0 Å². The first-order valence-electron chi connectivity index (χ1n) is 7.04. The summed E-state index contributed by atoms with van der Waals surface area (Å²) in [7, 11) is 0. The van der Waals surface area contributed by atoms with Crippen molar-refractivity contribution in [3.63, 3.8) is 0 Å². The van der Waals surface area contributed by atoms with E-state index >= 15 is 0 Å². The maximum Gasteiger partial charge on any atom is 0.178 e. The molecule has 1 aromatic heterocycles. The third kappa shape index (κ3) is 4.32. The Hall–Kier alpha value is -1.38. The molecule has 0 N–H and O–H groups in total. The fourth-order valence-corrected chi connectivity index (χ4v) is 2.26. The summed E-state index contributed by atoms with van der Waals surface area (Å²) in [5.74, 6) is 0. The van der Waals surface area contributed by atoms with Gasteiger partial charge in [-0.1, -0.05) is 36.7 Å². The SMILES string of the molecule is CCC(C)OC(C[n+]1ccccc1)c1cccc(Cl)c1. The zero-order chi connectivity index (χ0) is 14.4. The van der Waals surface area contributed by atoms with Crippen molar-refractivity contribution in [1.82, 2.24) is 0 Å². The zero-order valence-electron chi connectivity index (χ0n) is 12.0. The van der Waals surface area contributed by atoms with Gasteiger partial charge in [0.25, 0.3) is 0 Å². The average Bonchev–Trinajstić information content (AvgIpc) is 2.47. The molecule has 0 fully saturated rings. The number of benzene rings is 1. The maximum absolute atomic E-state index is 6.17. The minimum absolute atomic E-state index is 0.0102. The molecule has 2 aromatic rings. The molecule has 0 spiro atoms. The van der Waals surface area contributed by atoms with Gasteiger partial charge in [0.2, 0.25) is 0 Å². The highest BCUT2D eigenvalue weighted by Crippen LogP contribution is 2.23. The Morgan fingerprint density at radius 1 is 1.15 bits per heavy atom. The third-order valence-electron chi connectivity index (χ3n) is 3.35. The summed E-state index contributed by atoms with van der Waals surface area (Å²) in [6, 6.07) is 14.0. The normalized spacial score (nSPS) is 13.9. The Bertz CT molecular complexity index is 530. The Morgan fingerprint density at radius 2 is 1.90 bits per heavy atom. The van der Waals surface area contributed by atoms with Crippen LogP contribution in [-0.4, -0.2) is 6.10 Å². The van der Waals surface area contributed by atoms with Gasteiger partial charge in [0.1, 0.15) is 6.10 Å². The summed E-state index contributed by atoms with van der Waals surface area (Å²) >= 11 is 6.10. The fourth-order valence-electron chi connectivity index (χ4n) is 2.06. The van der Waals surface area contributed by atoms with Crippen LogP contribution in [-0.2, 0) is 11.3 Å². The van der Waals surface area contributed by atoms with Gasteiger partial charge >= 0.3 is 0 Å². The van der Waals surface area contributed by atoms with Crippen LogP contribution in [0.4, 0.5) is 0 Å². The number of nitrogens with zero attached hydrogens (tertiary/aromatic N) is 1. The molecule has 0 saturated heterocycles. The van der Waals surface area contributed by atoms with Crippen LogP contribution < -0.4 is 4.57 Å². The molecule has 0 radical (unpaired) electrons. The van der Waals surface area contributed by atoms with Gasteiger partial charge in [-0.2, -0.15) is 0 Å². The largest absolute Gasteiger partial charge is 0.364 e. The number of aromatic nitrogens is 1. The molecule has 0 aliphatic heterocycles. The second-order valence-corrected chi connectivity index (χ2v) is 5.41. The molecule has 1 heterocycles. The van der Waals surface area contributed by atoms with Crippen molar-refractivity contribution < 1.29 is 9.30 Å². The van der Waals surface area contributed by atoms with Crippen LogP contribution in [0.2, 0.25) is 5.02 Å². The van der Waals surface area contributed by atoms with Crippen LogP contribution in [0.5, 0.6) is 0 Å². The number of ether oxygens (including phenoxy) is 1. The molecule has 2 nitrogen and oxygen atoms in total. The lowest BCUT2D eigenvalue weighted by atomic mass is 10.1. The van der Waals surface area contributed by atoms with Crippen LogP contribution in [0, 0.1) is 0 Å². The van der Waals surface area contributed by atoms with Crippen LogP contribution in [0.25, 0.3) is 0 Å². The topological polar surface area (TPSA) is 13.1 Å². The van der Waals surface area contributed by atoms with E-state index in [-0.39, 0.29) is 12.2 Å². The summed E-state index contributed by atoms with van der Waals surface area (Å²) in [5, 5.41) is 0.748. The van der Waals surface area contributed by atoms with Gasteiger partial charge in [-0.15, -0.1) is 0 Å². The lowest BCUT2D eigenvalue weighted by Crippen LogP contribution is -2.37. The van der Waals surface area contributed by atoms with E-state index in [4.69, 9.17) is 16.3 Å². The van der Waals surface area contributed by atoms with Crippen molar-refractivity contribution in [2.75, 3.05) is 0 Å². The minimum Gasteiger partial charge on any atom is -0.364 e. The standard InChI is InChI=1S/C17H21ClNO/c1-3-14(2)20-17(13-19-10-5-4-6-11-19)15-8-7-9-16(18)12-15/h4-12,14,17H,3,13H2,1-2H3/q+1. The first-order valence-corrected chi connectivity index (χ1v) is 7.42. The summed E-state index contributed by atoms with van der Waals surface area (Å²) < 4.78 is 8.30. The molecule has 0 amide bonds. The Labute approximate surface area is 126 Å². The van der Waals surface area contributed by atoms with E-state index in [2.05, 4.69) is 36.9 Å². The van der Waals surface area contributed by atoms with Gasteiger partial charge in [-0.25, -0.2) is 4.57 Å². The first-order chi connectivity index (χ1) is 9.69. The average molecular weight is 291 g/mol. The Morgan fingerprint density at radius 3 is 2.55 bits per heavy atom. The quantitative estimate of drug-likeness (QED) is 0.727. The lowest BCUT2D eigenvalue weighted by molar-refractivity contribution is -0.705. The number of hydrogen-bond acceptors (Lipinski definition) is 1. The second kappa shape index (κ2) is 7.41.